The average Bonchev–Trinajstić information content (AvgIpc) is 3.05. The second-order valence-corrected chi connectivity index (χ2v) is 5.34. The maximum Gasteiger partial charge on any atom is 0.335 e. The van der Waals surface area contributed by atoms with Crippen LogP contribution >= 0.6 is 28.3 Å². The first-order valence-electron chi connectivity index (χ1n) is 5.50. The third kappa shape index (κ3) is 3.37. The molecule has 1 atom stereocenters. The van der Waals surface area contributed by atoms with Gasteiger partial charge < -0.3 is 15.9 Å². The van der Waals surface area contributed by atoms with Crippen LogP contribution in [0.5, 0.6) is 5.75 Å². The molecule has 1 aliphatic rings. The fourth-order valence-electron chi connectivity index (χ4n) is 1.87. The molecule has 1 fully saturated rings. The summed E-state index contributed by atoms with van der Waals surface area (Å²) < 4.78 is 0.374. The normalized spacial score (nSPS) is 15.9. The van der Waals surface area contributed by atoms with Gasteiger partial charge in [-0.3, -0.25) is 0 Å². The molecule has 1 aromatic rings. The summed E-state index contributed by atoms with van der Waals surface area (Å²) in [4.78, 5) is 10.9. The number of carboxylic acids is 1. The summed E-state index contributed by atoms with van der Waals surface area (Å²) in [5, 5.41) is 18.8. The number of nitrogens with two attached hydrogens (primary N) is 1. The molecule has 0 unspecified atom stereocenters. The number of aromatic carboxylic acids is 1. The van der Waals surface area contributed by atoms with Gasteiger partial charge in [0.25, 0.3) is 0 Å². The van der Waals surface area contributed by atoms with Gasteiger partial charge >= 0.3 is 5.97 Å². The fraction of sp³-hybridized carbons (Fsp3) is 0.417. The van der Waals surface area contributed by atoms with Crippen molar-refractivity contribution < 1.29 is 15.0 Å². The number of rotatable bonds is 4. The molecule has 1 aliphatic carbocycles. The molecule has 0 aromatic heterocycles. The summed E-state index contributed by atoms with van der Waals surface area (Å²) in [5.74, 6) is -0.356. The number of hydrogen-bond donors (Lipinski definition) is 3. The second kappa shape index (κ2) is 5.91. The maximum atomic E-state index is 10.9. The number of halogens is 2. The molecule has 0 heterocycles. The van der Waals surface area contributed by atoms with E-state index in [1.807, 2.05) is 0 Å². The van der Waals surface area contributed by atoms with E-state index in [1.165, 1.54) is 25.0 Å². The van der Waals surface area contributed by atoms with E-state index < -0.39 is 5.97 Å². The van der Waals surface area contributed by atoms with Crippen molar-refractivity contribution in [1.29, 1.82) is 0 Å². The summed E-state index contributed by atoms with van der Waals surface area (Å²) in [7, 11) is 0. The van der Waals surface area contributed by atoms with E-state index in [9.17, 15) is 9.90 Å². The van der Waals surface area contributed by atoms with Gasteiger partial charge in [-0.15, -0.1) is 12.4 Å². The minimum absolute atomic E-state index is 0. The van der Waals surface area contributed by atoms with E-state index in [0.29, 0.717) is 16.0 Å². The summed E-state index contributed by atoms with van der Waals surface area (Å²) in [6.45, 7) is 0. The van der Waals surface area contributed by atoms with Crippen LogP contribution < -0.4 is 5.73 Å². The molecule has 1 aromatic carbocycles. The lowest BCUT2D eigenvalue weighted by molar-refractivity contribution is 0.0696. The van der Waals surface area contributed by atoms with Gasteiger partial charge in [-0.2, -0.15) is 0 Å². The van der Waals surface area contributed by atoms with Crippen molar-refractivity contribution >= 4 is 34.3 Å². The molecule has 0 radical (unpaired) electrons. The zero-order chi connectivity index (χ0) is 12.6. The van der Waals surface area contributed by atoms with Gasteiger partial charge in [0.05, 0.1) is 10.0 Å². The second-order valence-electron chi connectivity index (χ2n) is 4.49. The minimum atomic E-state index is -1.02. The van der Waals surface area contributed by atoms with Crippen LogP contribution in [-0.2, 0) is 0 Å². The largest absolute Gasteiger partial charge is 0.506 e. The molecule has 18 heavy (non-hydrogen) atoms. The Morgan fingerprint density at radius 2 is 2.11 bits per heavy atom. The van der Waals surface area contributed by atoms with Crippen LogP contribution in [0, 0.1) is 5.92 Å². The molecule has 4 nitrogen and oxygen atoms in total. The summed E-state index contributed by atoms with van der Waals surface area (Å²) >= 11 is 3.15. The van der Waals surface area contributed by atoms with Gasteiger partial charge in [0.15, 0.2) is 0 Å². The first-order chi connectivity index (χ1) is 7.99. The molecule has 0 amide bonds. The van der Waals surface area contributed by atoms with Crippen LogP contribution in [-0.4, -0.2) is 16.2 Å². The predicted molar refractivity (Wildman–Crippen MR) is 74.3 cm³/mol. The van der Waals surface area contributed by atoms with E-state index >= 15 is 0 Å². The zero-order valence-corrected chi connectivity index (χ0v) is 12.0. The van der Waals surface area contributed by atoms with Gasteiger partial charge in [-0.25, -0.2) is 4.79 Å². The Balaban J connectivity index is 0.00000162. The van der Waals surface area contributed by atoms with Crippen molar-refractivity contribution in [1.82, 2.24) is 0 Å². The Morgan fingerprint density at radius 1 is 1.50 bits per heavy atom. The number of phenols is 1. The molecule has 6 heteroatoms. The quantitative estimate of drug-likeness (QED) is 0.789. The van der Waals surface area contributed by atoms with Gasteiger partial charge in [0.2, 0.25) is 0 Å². The highest BCUT2D eigenvalue weighted by atomic mass is 79.9. The van der Waals surface area contributed by atoms with Crippen LogP contribution in [0.1, 0.15) is 41.2 Å². The van der Waals surface area contributed by atoms with E-state index in [-0.39, 0.29) is 29.8 Å². The van der Waals surface area contributed by atoms with Crippen molar-refractivity contribution in [3.63, 3.8) is 0 Å². The molecular weight excluding hydrogens is 321 g/mol. The number of carboxylic acid groups (broad SMARTS) is 1. The summed E-state index contributed by atoms with van der Waals surface area (Å²) in [5.41, 5.74) is 6.64. The molecule has 4 N–H and O–H groups in total. The number of hydrogen-bond acceptors (Lipinski definition) is 3. The average molecular weight is 337 g/mol. The molecule has 2 rings (SSSR count). The Bertz CT molecular complexity index is 463. The lowest BCUT2D eigenvalue weighted by atomic mass is 9.99. The standard InChI is InChI=1S/C12H14BrNO3.ClH/c13-9-5-7(12(16)17)4-8(11(9)15)10(14)3-6-1-2-6;/h4-6,10,15H,1-3,14H2,(H,16,17);1H/t10-;/m0./s1. The Kier molecular flexibility index (Phi) is 5.01. The highest BCUT2D eigenvalue weighted by molar-refractivity contribution is 9.10. The predicted octanol–water partition coefficient (Wildman–Crippen LogP) is 3.07. The van der Waals surface area contributed by atoms with Crippen molar-refractivity contribution in [2.45, 2.75) is 25.3 Å². The highest BCUT2D eigenvalue weighted by Crippen LogP contribution is 2.40. The molecule has 0 saturated heterocycles. The zero-order valence-electron chi connectivity index (χ0n) is 9.60. The molecule has 1 saturated carbocycles. The summed E-state index contributed by atoms with van der Waals surface area (Å²) in [6.07, 6.45) is 3.14. The Hall–Kier alpha value is -0.780. The fourth-order valence-corrected chi connectivity index (χ4v) is 2.34. The molecule has 0 aliphatic heterocycles. The van der Waals surface area contributed by atoms with Crippen molar-refractivity contribution in [3.05, 3.63) is 27.7 Å². The van der Waals surface area contributed by atoms with Crippen molar-refractivity contribution in [2.24, 2.45) is 11.7 Å². The lowest BCUT2D eigenvalue weighted by Gasteiger charge is -2.15. The first kappa shape index (κ1) is 15.3. The third-order valence-corrected chi connectivity index (χ3v) is 3.63. The van der Waals surface area contributed by atoms with Gasteiger partial charge in [-0.05, 0) is 40.4 Å². The van der Waals surface area contributed by atoms with Gasteiger partial charge in [0.1, 0.15) is 5.75 Å². The van der Waals surface area contributed by atoms with Crippen LogP contribution in [0.15, 0.2) is 16.6 Å². The van der Waals surface area contributed by atoms with Crippen LogP contribution in [0.4, 0.5) is 0 Å². The third-order valence-electron chi connectivity index (χ3n) is 3.02. The van der Waals surface area contributed by atoms with Crippen LogP contribution in [0.3, 0.4) is 0 Å². The monoisotopic (exact) mass is 335 g/mol. The van der Waals surface area contributed by atoms with Crippen LogP contribution in [0.25, 0.3) is 0 Å². The summed E-state index contributed by atoms with van der Waals surface area (Å²) in [6, 6.07) is 2.53. The van der Waals surface area contributed by atoms with Gasteiger partial charge in [-0.1, -0.05) is 12.8 Å². The SMILES string of the molecule is Cl.N[C@@H](CC1CC1)c1cc(C(=O)O)cc(Br)c1O. The Morgan fingerprint density at radius 3 is 2.61 bits per heavy atom. The van der Waals surface area contributed by atoms with Gasteiger partial charge in [0, 0.05) is 11.6 Å². The van der Waals surface area contributed by atoms with Crippen LogP contribution in [0.2, 0.25) is 0 Å². The number of carbonyl (C=O) groups is 1. The minimum Gasteiger partial charge on any atom is -0.506 e. The topological polar surface area (TPSA) is 83.6 Å². The van der Waals surface area contributed by atoms with E-state index in [1.54, 1.807) is 0 Å². The van der Waals surface area contributed by atoms with Crippen molar-refractivity contribution in [3.8, 4) is 5.75 Å². The first-order valence-corrected chi connectivity index (χ1v) is 6.29. The van der Waals surface area contributed by atoms with E-state index in [4.69, 9.17) is 10.8 Å². The number of benzene rings is 1. The smallest absolute Gasteiger partial charge is 0.335 e. The number of aromatic hydroxyl groups is 1. The maximum absolute atomic E-state index is 10.9. The lowest BCUT2D eigenvalue weighted by Crippen LogP contribution is -2.12. The molecular formula is C12H15BrClNO3. The molecule has 0 bridgehead atoms. The number of phenolic OH excluding ortho intramolecular Hbond substituents is 1. The van der Waals surface area contributed by atoms with E-state index in [2.05, 4.69) is 15.9 Å². The van der Waals surface area contributed by atoms with Crippen molar-refractivity contribution in [2.75, 3.05) is 0 Å². The van der Waals surface area contributed by atoms with E-state index in [0.717, 1.165) is 6.42 Å². The Labute approximate surface area is 120 Å². The molecule has 0 spiro atoms. The highest BCUT2D eigenvalue weighted by Gasteiger charge is 2.26. The molecule has 100 valence electrons.